The van der Waals surface area contributed by atoms with Gasteiger partial charge in [-0.1, -0.05) is 18.5 Å². The van der Waals surface area contributed by atoms with Crippen molar-refractivity contribution < 1.29 is 22.7 Å². The van der Waals surface area contributed by atoms with Gasteiger partial charge < -0.3 is 5.11 Å². The Morgan fingerprint density at radius 3 is 2.57 bits per heavy atom. The van der Waals surface area contributed by atoms with Crippen LogP contribution in [0.5, 0.6) is 0 Å². The van der Waals surface area contributed by atoms with Crippen molar-refractivity contribution in [1.82, 2.24) is 4.31 Å². The van der Waals surface area contributed by atoms with E-state index in [9.17, 15) is 17.6 Å². The van der Waals surface area contributed by atoms with E-state index in [1.807, 2.05) is 0 Å². The summed E-state index contributed by atoms with van der Waals surface area (Å²) in [4.78, 5) is 10.9. The minimum Gasteiger partial charge on any atom is -0.481 e. The molecule has 1 aliphatic rings. The molecule has 2 atom stereocenters. The topological polar surface area (TPSA) is 74.7 Å². The Morgan fingerprint density at radius 2 is 2.05 bits per heavy atom. The normalized spacial score (nSPS) is 23.4. The molecule has 2 rings (SSSR count). The highest BCUT2D eigenvalue weighted by Crippen LogP contribution is 2.32. The molecule has 0 saturated carbocycles. The zero-order chi connectivity index (χ0) is 15.9. The van der Waals surface area contributed by atoms with Gasteiger partial charge in [-0.15, -0.1) is 0 Å². The lowest BCUT2D eigenvalue weighted by atomic mass is 9.99. The lowest BCUT2D eigenvalue weighted by Crippen LogP contribution is -2.30. The Kier molecular flexibility index (Phi) is 4.28. The van der Waals surface area contributed by atoms with Crippen LogP contribution in [-0.2, 0) is 14.8 Å². The molecule has 1 heterocycles. The molecule has 0 bridgehead atoms. The van der Waals surface area contributed by atoms with Gasteiger partial charge in [0.25, 0.3) is 0 Å². The van der Waals surface area contributed by atoms with E-state index in [-0.39, 0.29) is 34.5 Å². The zero-order valence-electron chi connectivity index (χ0n) is 11.5. The van der Waals surface area contributed by atoms with Crippen molar-refractivity contribution in [2.75, 3.05) is 13.1 Å². The van der Waals surface area contributed by atoms with E-state index < -0.39 is 27.7 Å². The first kappa shape index (κ1) is 16.2. The summed E-state index contributed by atoms with van der Waals surface area (Å²) in [6, 6.07) is 2.13. The number of carbonyl (C=O) groups is 1. The number of nitrogens with zero attached hydrogens (tertiary/aromatic N) is 1. The Hall–Kier alpha value is -1.18. The van der Waals surface area contributed by atoms with Crippen molar-refractivity contribution >= 4 is 27.6 Å². The van der Waals surface area contributed by atoms with E-state index in [0.29, 0.717) is 0 Å². The zero-order valence-corrected chi connectivity index (χ0v) is 13.1. The first-order chi connectivity index (χ1) is 9.64. The molecule has 0 amide bonds. The third-order valence-corrected chi connectivity index (χ3v) is 6.02. The van der Waals surface area contributed by atoms with Gasteiger partial charge in [-0.25, -0.2) is 12.8 Å². The quantitative estimate of drug-likeness (QED) is 0.918. The number of sulfonamides is 1. The molecule has 0 aromatic heterocycles. The molecule has 0 radical (unpaired) electrons. The minimum atomic E-state index is -3.94. The Labute approximate surface area is 127 Å². The first-order valence-electron chi connectivity index (χ1n) is 6.33. The summed E-state index contributed by atoms with van der Waals surface area (Å²) < 4.78 is 39.6. The van der Waals surface area contributed by atoms with Gasteiger partial charge in [0.1, 0.15) is 10.7 Å². The molecule has 8 heteroatoms. The fourth-order valence-electron chi connectivity index (χ4n) is 2.41. The van der Waals surface area contributed by atoms with Gasteiger partial charge in [-0.2, -0.15) is 4.31 Å². The monoisotopic (exact) mass is 335 g/mol. The molecule has 0 aliphatic carbocycles. The average molecular weight is 336 g/mol. The van der Waals surface area contributed by atoms with E-state index >= 15 is 0 Å². The van der Waals surface area contributed by atoms with Gasteiger partial charge in [0.05, 0.1) is 10.9 Å². The Morgan fingerprint density at radius 1 is 1.43 bits per heavy atom. The van der Waals surface area contributed by atoms with E-state index in [2.05, 4.69) is 0 Å². The van der Waals surface area contributed by atoms with Gasteiger partial charge in [0.2, 0.25) is 10.0 Å². The second-order valence-corrected chi connectivity index (χ2v) is 7.59. The molecule has 21 heavy (non-hydrogen) atoms. The second kappa shape index (κ2) is 5.55. The molecule has 1 saturated heterocycles. The Balaban J connectivity index is 2.40. The molecule has 1 N–H and O–H groups in total. The van der Waals surface area contributed by atoms with Crippen LogP contribution < -0.4 is 0 Å². The summed E-state index contributed by atoms with van der Waals surface area (Å²) >= 11 is 5.84. The summed E-state index contributed by atoms with van der Waals surface area (Å²) in [6.07, 6.45) is 0. The fraction of sp³-hybridized carbons (Fsp3) is 0.462. The highest BCUT2D eigenvalue weighted by Gasteiger charge is 2.41. The SMILES string of the molecule is Cc1cc(S(=O)(=O)N2C[C@@H](C)[C@H](C(=O)O)C2)c(Cl)cc1F. The summed E-state index contributed by atoms with van der Waals surface area (Å²) in [6.45, 7) is 3.13. The van der Waals surface area contributed by atoms with E-state index in [1.165, 1.54) is 13.0 Å². The summed E-state index contributed by atoms with van der Waals surface area (Å²) in [5, 5.41) is 8.87. The molecule has 1 aromatic carbocycles. The molecule has 1 aromatic rings. The number of carboxylic acids is 1. The van der Waals surface area contributed by atoms with E-state index in [1.54, 1.807) is 6.92 Å². The van der Waals surface area contributed by atoms with Crippen molar-refractivity contribution in [3.8, 4) is 0 Å². The molecule has 1 aliphatic heterocycles. The summed E-state index contributed by atoms with van der Waals surface area (Å²) in [5.41, 5.74) is 0.167. The highest BCUT2D eigenvalue weighted by atomic mass is 35.5. The standard InChI is InChI=1S/C13H15ClFNO4S/c1-7-3-12(10(14)4-11(7)15)21(19,20)16-5-8(2)9(6-16)13(17)18/h3-4,8-9H,5-6H2,1-2H3,(H,17,18)/t8-,9-/m1/s1. The van der Waals surface area contributed by atoms with Crippen LogP contribution in [0.15, 0.2) is 17.0 Å². The van der Waals surface area contributed by atoms with Crippen LogP contribution in [0.4, 0.5) is 4.39 Å². The maximum Gasteiger partial charge on any atom is 0.308 e. The maximum absolute atomic E-state index is 13.4. The number of halogens is 2. The van der Waals surface area contributed by atoms with Crippen LogP contribution in [0.25, 0.3) is 0 Å². The lowest BCUT2D eigenvalue weighted by Gasteiger charge is -2.17. The van der Waals surface area contributed by atoms with E-state index in [0.717, 1.165) is 10.4 Å². The third kappa shape index (κ3) is 2.90. The number of hydrogen-bond donors (Lipinski definition) is 1. The van der Waals surface area contributed by atoms with Crippen LogP contribution in [0.3, 0.4) is 0 Å². The van der Waals surface area contributed by atoms with Crippen molar-refractivity contribution in [3.63, 3.8) is 0 Å². The predicted molar refractivity (Wildman–Crippen MR) is 75.2 cm³/mol. The third-order valence-electron chi connectivity index (χ3n) is 3.73. The summed E-state index contributed by atoms with van der Waals surface area (Å²) in [7, 11) is -3.94. The van der Waals surface area contributed by atoms with Gasteiger partial charge in [0.15, 0.2) is 0 Å². The number of aryl methyl sites for hydroxylation is 1. The van der Waals surface area contributed by atoms with Gasteiger partial charge in [-0.05, 0) is 30.5 Å². The van der Waals surface area contributed by atoms with Crippen LogP contribution >= 0.6 is 11.6 Å². The first-order valence-corrected chi connectivity index (χ1v) is 8.15. The molecule has 0 spiro atoms. The van der Waals surface area contributed by atoms with Gasteiger partial charge in [0, 0.05) is 13.1 Å². The van der Waals surface area contributed by atoms with Crippen molar-refractivity contribution in [1.29, 1.82) is 0 Å². The van der Waals surface area contributed by atoms with Crippen molar-refractivity contribution in [2.24, 2.45) is 11.8 Å². The largest absolute Gasteiger partial charge is 0.481 e. The highest BCUT2D eigenvalue weighted by molar-refractivity contribution is 7.89. The Bertz CT molecular complexity index is 692. The van der Waals surface area contributed by atoms with Crippen molar-refractivity contribution in [2.45, 2.75) is 18.7 Å². The lowest BCUT2D eigenvalue weighted by molar-refractivity contribution is -0.142. The van der Waals surface area contributed by atoms with E-state index in [4.69, 9.17) is 16.7 Å². The minimum absolute atomic E-state index is 0.103. The number of aliphatic carboxylic acids is 1. The van der Waals surface area contributed by atoms with Gasteiger partial charge in [-0.3, -0.25) is 4.79 Å². The number of rotatable bonds is 3. The predicted octanol–water partition coefficient (Wildman–Crippen LogP) is 2.13. The smallest absolute Gasteiger partial charge is 0.308 e. The molecular formula is C13H15ClFNO4S. The van der Waals surface area contributed by atoms with Crippen LogP contribution in [0.2, 0.25) is 5.02 Å². The molecular weight excluding hydrogens is 321 g/mol. The molecule has 0 unspecified atom stereocenters. The molecule has 1 fully saturated rings. The number of hydrogen-bond acceptors (Lipinski definition) is 3. The maximum atomic E-state index is 13.4. The fourth-order valence-corrected chi connectivity index (χ4v) is 4.55. The van der Waals surface area contributed by atoms with Crippen molar-refractivity contribution in [3.05, 3.63) is 28.5 Å². The average Bonchev–Trinajstić information content (AvgIpc) is 2.76. The molecule has 5 nitrogen and oxygen atoms in total. The van der Waals surface area contributed by atoms with Gasteiger partial charge >= 0.3 is 5.97 Å². The number of carboxylic acid groups (broad SMARTS) is 1. The van der Waals surface area contributed by atoms with Crippen LogP contribution in [-0.4, -0.2) is 36.9 Å². The summed E-state index contributed by atoms with van der Waals surface area (Å²) in [5.74, 6) is -2.66. The second-order valence-electron chi connectivity index (χ2n) is 5.28. The van der Waals surface area contributed by atoms with Crippen LogP contribution in [0, 0.1) is 24.6 Å². The van der Waals surface area contributed by atoms with Crippen LogP contribution in [0.1, 0.15) is 12.5 Å². The molecule has 116 valence electrons. The number of benzene rings is 1.